The molecule has 0 radical (unpaired) electrons. The van der Waals surface area contributed by atoms with Crippen molar-refractivity contribution in [2.24, 2.45) is 0 Å². The van der Waals surface area contributed by atoms with Gasteiger partial charge in [0.2, 0.25) is 5.95 Å². The van der Waals surface area contributed by atoms with Crippen LogP contribution in [0.4, 0.5) is 11.8 Å². The van der Waals surface area contributed by atoms with Gasteiger partial charge in [-0.05, 0) is 37.3 Å². The van der Waals surface area contributed by atoms with E-state index in [1.54, 1.807) is 7.11 Å². The summed E-state index contributed by atoms with van der Waals surface area (Å²) in [5, 5.41) is 4.18. The number of terminal acetylenes is 1. The molecule has 0 unspecified atom stereocenters. The normalized spacial score (nSPS) is 16.9. The number of nitrogens with one attached hydrogen (secondary N) is 1. The molecule has 2 aliphatic rings. The molecule has 43 heavy (non-hydrogen) atoms. The Bertz CT molecular complexity index is 1330. The lowest BCUT2D eigenvalue weighted by Gasteiger charge is -2.33. The van der Waals surface area contributed by atoms with Crippen LogP contribution in [0.15, 0.2) is 30.3 Å². The highest BCUT2D eigenvalue weighted by Gasteiger charge is 2.24. The molecule has 2 aliphatic heterocycles. The third-order valence-electron chi connectivity index (χ3n) is 7.69. The Morgan fingerprint density at radius 3 is 2.44 bits per heavy atom. The Balaban J connectivity index is 0.000000541. The van der Waals surface area contributed by atoms with Gasteiger partial charge in [-0.15, -0.1) is 6.42 Å². The molecule has 3 aromatic rings. The van der Waals surface area contributed by atoms with Gasteiger partial charge in [0.15, 0.2) is 5.65 Å². The zero-order valence-corrected chi connectivity index (χ0v) is 26.4. The van der Waals surface area contributed by atoms with Crippen molar-refractivity contribution in [2.75, 3.05) is 69.5 Å². The van der Waals surface area contributed by atoms with E-state index >= 15 is 0 Å². The van der Waals surface area contributed by atoms with Crippen LogP contribution in [-0.2, 0) is 16.0 Å². The fraction of sp³-hybridized carbons (Fsp3) is 0.559. The van der Waals surface area contributed by atoms with Crippen molar-refractivity contribution in [3.63, 3.8) is 0 Å². The number of rotatable bonds is 11. The summed E-state index contributed by atoms with van der Waals surface area (Å²) in [5.74, 6) is 5.02. The van der Waals surface area contributed by atoms with E-state index in [0.29, 0.717) is 44.5 Å². The molecule has 0 bridgehead atoms. The number of ether oxygens (including phenoxy) is 3. The van der Waals surface area contributed by atoms with Gasteiger partial charge in [-0.1, -0.05) is 51.9 Å². The summed E-state index contributed by atoms with van der Waals surface area (Å²) in [5.41, 5.74) is 3.53. The number of unbranched alkanes of at least 4 members (excludes halogenated alkanes) is 4. The van der Waals surface area contributed by atoms with E-state index in [2.05, 4.69) is 53.9 Å². The number of methoxy groups -OCH3 is 1. The summed E-state index contributed by atoms with van der Waals surface area (Å²) in [6.45, 7) is 12.8. The number of morpholine rings is 2. The first-order valence-corrected chi connectivity index (χ1v) is 15.8. The largest absolute Gasteiger partial charge is 0.496 e. The Kier molecular flexibility index (Phi) is 12.8. The Morgan fingerprint density at radius 1 is 0.977 bits per heavy atom. The summed E-state index contributed by atoms with van der Waals surface area (Å²) in [7, 11) is 1.67. The van der Waals surface area contributed by atoms with E-state index < -0.39 is 0 Å². The second kappa shape index (κ2) is 17.0. The molecular formula is C34H48N6O3. The molecule has 0 saturated carbocycles. The first-order chi connectivity index (χ1) is 21.1. The number of hydrogen-bond donors (Lipinski definition) is 1. The van der Waals surface area contributed by atoms with Gasteiger partial charge >= 0.3 is 0 Å². The highest BCUT2D eigenvalue weighted by Crippen LogP contribution is 2.31. The molecule has 1 N–H and O–H groups in total. The van der Waals surface area contributed by atoms with Crippen molar-refractivity contribution in [3.05, 3.63) is 35.9 Å². The summed E-state index contributed by atoms with van der Waals surface area (Å²) >= 11 is 0. The minimum absolute atomic E-state index is 0.130. The molecule has 0 aliphatic carbocycles. The van der Waals surface area contributed by atoms with Crippen LogP contribution in [-0.4, -0.2) is 80.7 Å². The summed E-state index contributed by atoms with van der Waals surface area (Å²) in [6, 6.07) is 10.2. The lowest BCUT2D eigenvalue weighted by atomic mass is 10.1. The standard InChI is InChI=1S/C27H32N6O3.C7H16/c1-4-9-28-17-21-16-20(5-8-24(21)34-3)23-7-6-22-25(29-23)30-27(33-12-15-36-19(2)18-33)31-26(22)32-10-13-35-14-11-32;1-3-5-7-6-4-2/h1,5-8,16,19,28H,9-15,17-18H2,2-3H3;3-7H2,1-2H3/t19-;/m0./s1. The van der Waals surface area contributed by atoms with E-state index in [1.165, 1.54) is 32.1 Å². The average molecular weight is 589 g/mol. The van der Waals surface area contributed by atoms with E-state index in [4.69, 9.17) is 35.6 Å². The van der Waals surface area contributed by atoms with Crippen molar-refractivity contribution in [3.8, 4) is 29.4 Å². The van der Waals surface area contributed by atoms with Crippen LogP contribution in [0.1, 0.15) is 58.4 Å². The van der Waals surface area contributed by atoms with E-state index in [0.717, 1.165) is 60.0 Å². The minimum Gasteiger partial charge on any atom is -0.496 e. The van der Waals surface area contributed by atoms with Crippen molar-refractivity contribution in [1.29, 1.82) is 0 Å². The zero-order valence-electron chi connectivity index (χ0n) is 26.4. The van der Waals surface area contributed by atoms with E-state index in [1.807, 2.05) is 18.2 Å². The number of pyridine rings is 1. The van der Waals surface area contributed by atoms with Gasteiger partial charge in [-0.25, -0.2) is 4.98 Å². The molecule has 232 valence electrons. The second-order valence-electron chi connectivity index (χ2n) is 11.0. The number of anilines is 2. The van der Waals surface area contributed by atoms with Gasteiger partial charge in [0.05, 0.1) is 50.7 Å². The van der Waals surface area contributed by atoms with Gasteiger partial charge in [0.25, 0.3) is 0 Å². The number of hydrogen-bond acceptors (Lipinski definition) is 9. The number of fused-ring (bicyclic) bond motifs is 1. The number of benzene rings is 1. The first-order valence-electron chi connectivity index (χ1n) is 15.8. The van der Waals surface area contributed by atoms with Gasteiger partial charge in [-0.3, -0.25) is 0 Å². The highest BCUT2D eigenvalue weighted by atomic mass is 16.5. The molecule has 9 nitrogen and oxygen atoms in total. The highest BCUT2D eigenvalue weighted by molar-refractivity contribution is 5.90. The summed E-state index contributed by atoms with van der Waals surface area (Å²) in [6.07, 6.45) is 12.5. The molecule has 9 heteroatoms. The monoisotopic (exact) mass is 588 g/mol. The fourth-order valence-electron chi connectivity index (χ4n) is 5.32. The van der Waals surface area contributed by atoms with Crippen LogP contribution < -0.4 is 19.9 Å². The van der Waals surface area contributed by atoms with Crippen molar-refractivity contribution >= 4 is 22.8 Å². The number of aromatic nitrogens is 3. The molecule has 1 aromatic carbocycles. The van der Waals surface area contributed by atoms with Crippen molar-refractivity contribution in [2.45, 2.75) is 65.5 Å². The Morgan fingerprint density at radius 2 is 1.74 bits per heavy atom. The van der Waals surface area contributed by atoms with Crippen LogP contribution in [0.5, 0.6) is 5.75 Å². The van der Waals surface area contributed by atoms with Crippen LogP contribution in [0.3, 0.4) is 0 Å². The third-order valence-corrected chi connectivity index (χ3v) is 7.69. The molecule has 5 rings (SSSR count). The predicted octanol–water partition coefficient (Wildman–Crippen LogP) is 5.46. The maximum Gasteiger partial charge on any atom is 0.229 e. The van der Waals surface area contributed by atoms with Crippen LogP contribution in [0.25, 0.3) is 22.3 Å². The molecule has 1 atom stereocenters. The zero-order chi connectivity index (χ0) is 30.4. The molecule has 4 heterocycles. The fourth-order valence-corrected chi connectivity index (χ4v) is 5.32. The quantitative estimate of drug-likeness (QED) is 0.232. The first kappa shape index (κ1) is 32.5. The predicted molar refractivity (Wildman–Crippen MR) is 175 cm³/mol. The molecular weight excluding hydrogens is 540 g/mol. The SMILES string of the molecule is C#CCNCc1cc(-c2ccc3c(N4CCOCC4)nc(N4CCO[C@@H](C)C4)nc3n2)ccc1OC.CCCCCCC. The number of nitrogens with zero attached hydrogens (tertiary/aromatic N) is 5. The maximum atomic E-state index is 5.74. The van der Waals surface area contributed by atoms with Crippen LogP contribution in [0, 0.1) is 12.3 Å². The van der Waals surface area contributed by atoms with Gasteiger partial charge in [-0.2, -0.15) is 9.97 Å². The van der Waals surface area contributed by atoms with E-state index in [9.17, 15) is 0 Å². The van der Waals surface area contributed by atoms with Gasteiger partial charge in [0.1, 0.15) is 11.6 Å². The molecule has 0 amide bonds. The Hall–Kier alpha value is -3.45. The van der Waals surface area contributed by atoms with Crippen molar-refractivity contribution < 1.29 is 14.2 Å². The Labute approximate surface area is 257 Å². The van der Waals surface area contributed by atoms with E-state index in [-0.39, 0.29) is 6.10 Å². The molecule has 2 fully saturated rings. The van der Waals surface area contributed by atoms with Crippen LogP contribution >= 0.6 is 0 Å². The third kappa shape index (κ3) is 9.02. The van der Waals surface area contributed by atoms with Crippen LogP contribution in [0.2, 0.25) is 0 Å². The molecule has 0 spiro atoms. The van der Waals surface area contributed by atoms with Gasteiger partial charge < -0.3 is 29.3 Å². The lowest BCUT2D eigenvalue weighted by molar-refractivity contribution is 0.0526. The summed E-state index contributed by atoms with van der Waals surface area (Å²) < 4.78 is 16.9. The lowest BCUT2D eigenvalue weighted by Crippen LogP contribution is -2.42. The molecule has 2 aromatic heterocycles. The van der Waals surface area contributed by atoms with Gasteiger partial charge in [0, 0.05) is 43.9 Å². The maximum absolute atomic E-state index is 5.74. The second-order valence-corrected chi connectivity index (χ2v) is 11.0. The minimum atomic E-state index is 0.130. The average Bonchev–Trinajstić information content (AvgIpc) is 3.05. The smallest absolute Gasteiger partial charge is 0.229 e. The van der Waals surface area contributed by atoms with Crippen molar-refractivity contribution in [1.82, 2.24) is 20.3 Å². The molecule has 2 saturated heterocycles. The summed E-state index contributed by atoms with van der Waals surface area (Å²) in [4.78, 5) is 19.4. The topological polar surface area (TPSA) is 84.9 Å².